The van der Waals surface area contributed by atoms with E-state index >= 15 is 0 Å². The predicted octanol–water partition coefficient (Wildman–Crippen LogP) is 3.38. The van der Waals surface area contributed by atoms with E-state index in [2.05, 4.69) is 20.7 Å². The van der Waals surface area contributed by atoms with E-state index in [1.54, 1.807) is 24.3 Å². The summed E-state index contributed by atoms with van der Waals surface area (Å²) >= 11 is 8.96. The Bertz CT molecular complexity index is 491. The average Bonchev–Trinajstić information content (AvgIpc) is 2.28. The van der Waals surface area contributed by atoms with E-state index in [0.29, 0.717) is 16.8 Å². The number of hydrogen-bond acceptors (Lipinski definition) is 2. The summed E-state index contributed by atoms with van der Waals surface area (Å²) in [5.41, 5.74) is 0. The second-order valence-corrected chi connectivity index (χ2v) is 7.29. The summed E-state index contributed by atoms with van der Waals surface area (Å²) in [5.74, 6) is 0.627. The Kier molecular flexibility index (Phi) is 6.11. The maximum Gasteiger partial charge on any atom is 0.241 e. The van der Waals surface area contributed by atoms with Gasteiger partial charge in [0.1, 0.15) is 0 Å². The van der Waals surface area contributed by atoms with Crippen molar-refractivity contribution in [2.45, 2.75) is 31.2 Å². The second-order valence-electron chi connectivity index (χ2n) is 4.38. The summed E-state index contributed by atoms with van der Waals surface area (Å²) in [6.07, 6.45) is 0.614. The van der Waals surface area contributed by atoms with E-state index in [1.807, 2.05) is 13.8 Å². The molecule has 1 N–H and O–H groups in total. The Balaban J connectivity index is 2.97. The summed E-state index contributed by atoms with van der Waals surface area (Å²) in [6.45, 7) is 3.94. The van der Waals surface area contributed by atoms with Crippen LogP contribution in [0.5, 0.6) is 0 Å². The summed E-state index contributed by atoms with van der Waals surface area (Å²) < 4.78 is 27.8. The van der Waals surface area contributed by atoms with Gasteiger partial charge >= 0.3 is 0 Å². The average molecular weight is 355 g/mol. The first-order valence-corrected chi connectivity index (χ1v) is 8.52. The molecule has 0 saturated heterocycles. The van der Waals surface area contributed by atoms with E-state index in [1.165, 1.54) is 0 Å². The topological polar surface area (TPSA) is 46.2 Å². The van der Waals surface area contributed by atoms with Gasteiger partial charge < -0.3 is 0 Å². The zero-order chi connectivity index (χ0) is 13.8. The lowest BCUT2D eigenvalue weighted by Gasteiger charge is -2.21. The highest BCUT2D eigenvalue weighted by Gasteiger charge is 2.23. The fourth-order valence-electron chi connectivity index (χ4n) is 1.57. The van der Waals surface area contributed by atoms with Crippen molar-refractivity contribution in [3.8, 4) is 0 Å². The molecule has 0 aliphatic carbocycles. The number of rotatable bonds is 6. The molecule has 0 bridgehead atoms. The molecule has 102 valence electrons. The van der Waals surface area contributed by atoms with Crippen LogP contribution >= 0.6 is 27.5 Å². The van der Waals surface area contributed by atoms with Crippen LogP contribution in [0.15, 0.2) is 33.6 Å². The van der Waals surface area contributed by atoms with Crippen molar-refractivity contribution in [3.63, 3.8) is 0 Å². The molecule has 0 amide bonds. The summed E-state index contributed by atoms with van der Waals surface area (Å²) in [5, 5.41) is 0. The zero-order valence-corrected chi connectivity index (χ0v) is 13.5. The van der Waals surface area contributed by atoms with E-state index in [0.717, 1.165) is 0 Å². The molecular formula is C12H17BrClNO2S. The highest BCUT2D eigenvalue weighted by atomic mass is 79.9. The number of benzene rings is 1. The molecule has 0 saturated carbocycles. The van der Waals surface area contributed by atoms with Gasteiger partial charge in [0.25, 0.3) is 0 Å². The minimum absolute atomic E-state index is 0.153. The third-order valence-corrected chi connectivity index (χ3v) is 5.38. The standard InChI is InChI=1S/C12H17BrClNO2S/c1-9(2)11(7-8-14)15-18(16,17)12-6-4-3-5-10(12)13/h3-6,9,11,15H,7-8H2,1-2H3. The van der Waals surface area contributed by atoms with Gasteiger partial charge in [0, 0.05) is 16.4 Å². The van der Waals surface area contributed by atoms with Crippen LogP contribution in [0, 0.1) is 5.92 Å². The van der Waals surface area contributed by atoms with Gasteiger partial charge in [0.2, 0.25) is 10.0 Å². The van der Waals surface area contributed by atoms with Crippen molar-refractivity contribution in [1.29, 1.82) is 0 Å². The molecule has 0 spiro atoms. The van der Waals surface area contributed by atoms with Crippen LogP contribution in [0.3, 0.4) is 0 Å². The number of halogens is 2. The molecule has 0 radical (unpaired) electrons. The Morgan fingerprint density at radius 2 is 1.94 bits per heavy atom. The molecule has 3 nitrogen and oxygen atoms in total. The van der Waals surface area contributed by atoms with Crippen molar-refractivity contribution in [2.24, 2.45) is 5.92 Å². The van der Waals surface area contributed by atoms with Crippen LogP contribution in [-0.2, 0) is 10.0 Å². The van der Waals surface area contributed by atoms with Gasteiger partial charge in [-0.15, -0.1) is 11.6 Å². The fourth-order valence-corrected chi connectivity index (χ4v) is 4.23. The van der Waals surface area contributed by atoms with E-state index in [9.17, 15) is 8.42 Å². The molecule has 0 aliphatic heterocycles. The Morgan fingerprint density at radius 3 is 2.44 bits per heavy atom. The van der Waals surface area contributed by atoms with Gasteiger partial charge in [-0.05, 0) is 40.4 Å². The van der Waals surface area contributed by atoms with Crippen molar-refractivity contribution >= 4 is 37.6 Å². The first-order valence-electron chi connectivity index (χ1n) is 5.71. The molecule has 6 heteroatoms. The normalized spacial score (nSPS) is 13.8. The summed E-state index contributed by atoms with van der Waals surface area (Å²) in [6, 6.07) is 6.61. The van der Waals surface area contributed by atoms with Crippen molar-refractivity contribution < 1.29 is 8.42 Å². The monoisotopic (exact) mass is 353 g/mol. The van der Waals surface area contributed by atoms with Crippen LogP contribution in [-0.4, -0.2) is 20.3 Å². The Morgan fingerprint density at radius 1 is 1.33 bits per heavy atom. The van der Waals surface area contributed by atoms with Gasteiger partial charge in [0.05, 0.1) is 4.90 Å². The third kappa shape index (κ3) is 4.23. The first kappa shape index (κ1) is 16.0. The van der Waals surface area contributed by atoms with Gasteiger partial charge in [-0.25, -0.2) is 13.1 Å². The van der Waals surface area contributed by atoms with E-state index in [-0.39, 0.29) is 16.9 Å². The highest BCUT2D eigenvalue weighted by molar-refractivity contribution is 9.10. The van der Waals surface area contributed by atoms with Gasteiger partial charge in [-0.3, -0.25) is 0 Å². The van der Waals surface area contributed by atoms with Crippen LogP contribution < -0.4 is 4.72 Å². The number of hydrogen-bond donors (Lipinski definition) is 1. The van der Waals surface area contributed by atoms with Gasteiger partial charge in [-0.2, -0.15) is 0 Å². The Labute approximate surface area is 122 Å². The minimum Gasteiger partial charge on any atom is -0.208 e. The predicted molar refractivity (Wildman–Crippen MR) is 78.4 cm³/mol. The lowest BCUT2D eigenvalue weighted by atomic mass is 10.0. The molecular weight excluding hydrogens is 338 g/mol. The molecule has 1 atom stereocenters. The van der Waals surface area contributed by atoms with Gasteiger partial charge in [0.15, 0.2) is 0 Å². The maximum atomic E-state index is 12.3. The van der Waals surface area contributed by atoms with Gasteiger partial charge in [-0.1, -0.05) is 26.0 Å². The second kappa shape index (κ2) is 6.89. The fraction of sp³-hybridized carbons (Fsp3) is 0.500. The smallest absolute Gasteiger partial charge is 0.208 e. The number of alkyl halides is 1. The molecule has 0 heterocycles. The van der Waals surface area contributed by atoms with Crippen LogP contribution in [0.1, 0.15) is 20.3 Å². The van der Waals surface area contributed by atoms with E-state index < -0.39 is 10.0 Å². The molecule has 1 rings (SSSR count). The first-order chi connectivity index (χ1) is 8.38. The zero-order valence-electron chi connectivity index (χ0n) is 10.4. The van der Waals surface area contributed by atoms with Crippen molar-refractivity contribution in [1.82, 2.24) is 4.72 Å². The minimum atomic E-state index is -3.51. The van der Waals surface area contributed by atoms with Crippen molar-refractivity contribution in [2.75, 3.05) is 5.88 Å². The third-order valence-electron chi connectivity index (χ3n) is 2.66. The maximum absolute atomic E-state index is 12.3. The quantitative estimate of drug-likeness (QED) is 0.796. The summed E-state index contributed by atoms with van der Waals surface area (Å²) in [4.78, 5) is 0.255. The Hall–Kier alpha value is -0.100. The largest absolute Gasteiger partial charge is 0.241 e. The molecule has 0 aliphatic rings. The van der Waals surface area contributed by atoms with Crippen LogP contribution in [0.25, 0.3) is 0 Å². The molecule has 1 unspecified atom stereocenters. The highest BCUT2D eigenvalue weighted by Crippen LogP contribution is 2.22. The van der Waals surface area contributed by atoms with Crippen LogP contribution in [0.2, 0.25) is 0 Å². The molecule has 0 fully saturated rings. The SMILES string of the molecule is CC(C)C(CCCl)NS(=O)(=O)c1ccccc1Br. The van der Waals surface area contributed by atoms with E-state index in [4.69, 9.17) is 11.6 Å². The summed E-state index contributed by atoms with van der Waals surface area (Å²) in [7, 11) is -3.51. The molecule has 0 aromatic heterocycles. The molecule has 1 aromatic rings. The van der Waals surface area contributed by atoms with Crippen LogP contribution in [0.4, 0.5) is 0 Å². The lowest BCUT2D eigenvalue weighted by molar-refractivity contribution is 0.439. The van der Waals surface area contributed by atoms with Crippen molar-refractivity contribution in [3.05, 3.63) is 28.7 Å². The lowest BCUT2D eigenvalue weighted by Crippen LogP contribution is -2.38. The molecule has 18 heavy (non-hydrogen) atoms. The molecule has 1 aromatic carbocycles. The number of nitrogens with one attached hydrogen (secondary N) is 1. The number of sulfonamides is 1.